The number of nitrogens with zero attached hydrogens (tertiary/aromatic N) is 2. The third-order valence-electron chi connectivity index (χ3n) is 1.98. The molecule has 0 unspecified atom stereocenters. The molecule has 0 aliphatic heterocycles. The number of ketones is 1. The number of hydrogen-bond acceptors (Lipinski definition) is 3. The van der Waals surface area contributed by atoms with Crippen LogP contribution in [-0.4, -0.2) is 15.2 Å². The average molecular weight is 194 g/mol. The third-order valence-corrected chi connectivity index (χ3v) is 2.73. The largest absolute Gasteiger partial charge is 0.300 e. The van der Waals surface area contributed by atoms with Crippen molar-refractivity contribution < 1.29 is 4.79 Å². The minimum Gasteiger partial charge on any atom is -0.300 e. The fourth-order valence-corrected chi connectivity index (χ4v) is 2.17. The topological polar surface area (TPSA) is 34.4 Å². The van der Waals surface area contributed by atoms with E-state index in [4.69, 9.17) is 0 Å². The number of carbonyl (C=O) groups excluding carboxylic acids is 1. The highest BCUT2D eigenvalue weighted by molar-refractivity contribution is 7.15. The molecule has 13 heavy (non-hydrogen) atoms. The lowest BCUT2D eigenvalue weighted by Crippen LogP contribution is -2.00. The molecule has 0 aliphatic carbocycles. The van der Waals surface area contributed by atoms with Crippen LogP contribution in [-0.2, 0) is 11.2 Å². The summed E-state index contributed by atoms with van der Waals surface area (Å²) in [5.41, 5.74) is 1.98. The maximum Gasteiger partial charge on any atom is 0.194 e. The highest BCUT2D eigenvalue weighted by Gasteiger charge is 2.10. The molecule has 4 heteroatoms. The van der Waals surface area contributed by atoms with Gasteiger partial charge in [0.2, 0.25) is 0 Å². The van der Waals surface area contributed by atoms with Crippen molar-refractivity contribution in [1.82, 2.24) is 9.38 Å². The van der Waals surface area contributed by atoms with E-state index in [-0.39, 0.29) is 5.78 Å². The molecule has 0 amide bonds. The first-order chi connectivity index (χ1) is 6.18. The van der Waals surface area contributed by atoms with Gasteiger partial charge in [-0.3, -0.25) is 9.20 Å². The Morgan fingerprint density at radius 1 is 1.69 bits per heavy atom. The Labute approximate surface area is 80.0 Å². The summed E-state index contributed by atoms with van der Waals surface area (Å²) >= 11 is 1.59. The van der Waals surface area contributed by atoms with Crippen molar-refractivity contribution in [3.8, 4) is 0 Å². The van der Waals surface area contributed by atoms with Gasteiger partial charge in [-0.15, -0.1) is 11.3 Å². The highest BCUT2D eigenvalue weighted by Crippen LogP contribution is 2.17. The summed E-state index contributed by atoms with van der Waals surface area (Å²) in [6.45, 7) is 3.54. The molecule has 2 aromatic rings. The Hall–Kier alpha value is -1.16. The van der Waals surface area contributed by atoms with E-state index in [1.807, 2.05) is 22.9 Å². The molecule has 0 saturated carbocycles. The fraction of sp³-hybridized carbons (Fsp3) is 0.333. The zero-order chi connectivity index (χ0) is 9.42. The summed E-state index contributed by atoms with van der Waals surface area (Å²) in [5.74, 6) is 0.177. The summed E-state index contributed by atoms with van der Waals surface area (Å²) < 4.78 is 1.99. The van der Waals surface area contributed by atoms with E-state index >= 15 is 0 Å². The maximum absolute atomic E-state index is 11.0. The number of rotatable bonds is 2. The number of aromatic nitrogens is 2. The smallest absolute Gasteiger partial charge is 0.194 e. The molecule has 0 aliphatic rings. The van der Waals surface area contributed by atoms with Gasteiger partial charge in [0.05, 0.1) is 11.4 Å². The maximum atomic E-state index is 11.0. The van der Waals surface area contributed by atoms with E-state index in [0.717, 1.165) is 16.3 Å². The highest BCUT2D eigenvalue weighted by atomic mass is 32.1. The molecule has 2 heterocycles. The second-order valence-corrected chi connectivity index (χ2v) is 3.95. The predicted molar refractivity (Wildman–Crippen MR) is 52.2 cm³/mol. The van der Waals surface area contributed by atoms with Crippen LogP contribution in [0.2, 0.25) is 0 Å². The fourth-order valence-electron chi connectivity index (χ4n) is 1.39. The SMILES string of the molecule is CC(=O)Cc1c(C)nc2sccn12. The molecule has 0 radical (unpaired) electrons. The van der Waals surface area contributed by atoms with Crippen LogP contribution in [0.4, 0.5) is 0 Å². The lowest BCUT2D eigenvalue weighted by molar-refractivity contribution is -0.116. The van der Waals surface area contributed by atoms with E-state index < -0.39 is 0 Å². The molecular formula is C9H10N2OS. The lowest BCUT2D eigenvalue weighted by atomic mass is 10.2. The monoisotopic (exact) mass is 194 g/mol. The average Bonchev–Trinajstić information content (AvgIpc) is 2.55. The molecule has 0 fully saturated rings. The van der Waals surface area contributed by atoms with Gasteiger partial charge in [-0.1, -0.05) is 0 Å². The molecule has 0 saturated heterocycles. The summed E-state index contributed by atoms with van der Waals surface area (Å²) in [4.78, 5) is 16.3. The summed E-state index contributed by atoms with van der Waals surface area (Å²) in [5, 5.41) is 1.98. The Kier molecular flexibility index (Phi) is 1.92. The zero-order valence-electron chi connectivity index (χ0n) is 7.57. The number of hydrogen-bond donors (Lipinski definition) is 0. The van der Waals surface area contributed by atoms with Crippen molar-refractivity contribution in [2.45, 2.75) is 20.3 Å². The molecule has 2 rings (SSSR count). The third kappa shape index (κ3) is 1.37. The van der Waals surface area contributed by atoms with Gasteiger partial charge >= 0.3 is 0 Å². The van der Waals surface area contributed by atoms with Gasteiger partial charge in [-0.25, -0.2) is 4.98 Å². The van der Waals surface area contributed by atoms with Crippen molar-refractivity contribution in [3.05, 3.63) is 23.0 Å². The van der Waals surface area contributed by atoms with Crippen LogP contribution in [0.3, 0.4) is 0 Å². The molecule has 2 aromatic heterocycles. The number of thiazole rings is 1. The minimum atomic E-state index is 0.177. The normalized spacial score (nSPS) is 10.9. The van der Waals surface area contributed by atoms with Crippen LogP contribution in [0.1, 0.15) is 18.3 Å². The number of carbonyl (C=O) groups is 1. The molecule has 3 nitrogen and oxygen atoms in total. The molecule has 0 bridgehead atoms. The van der Waals surface area contributed by atoms with Crippen LogP contribution in [0.25, 0.3) is 4.96 Å². The second-order valence-electron chi connectivity index (χ2n) is 3.08. The summed E-state index contributed by atoms with van der Waals surface area (Å²) in [7, 11) is 0. The van der Waals surface area contributed by atoms with Crippen molar-refractivity contribution >= 4 is 22.1 Å². The van der Waals surface area contributed by atoms with Gasteiger partial charge in [-0.05, 0) is 13.8 Å². The van der Waals surface area contributed by atoms with Gasteiger partial charge in [-0.2, -0.15) is 0 Å². The number of aryl methyl sites for hydroxylation is 1. The molecule has 68 valence electrons. The van der Waals surface area contributed by atoms with E-state index in [1.54, 1.807) is 18.3 Å². The summed E-state index contributed by atoms with van der Waals surface area (Å²) in [6, 6.07) is 0. The number of Topliss-reactive ketones (excluding diaryl/α,β-unsaturated/α-hetero) is 1. The molecule has 0 atom stereocenters. The van der Waals surface area contributed by atoms with Crippen LogP contribution in [0.15, 0.2) is 11.6 Å². The van der Waals surface area contributed by atoms with Crippen LogP contribution < -0.4 is 0 Å². The second kappa shape index (κ2) is 2.96. The van der Waals surface area contributed by atoms with Crippen LogP contribution >= 0.6 is 11.3 Å². The van der Waals surface area contributed by atoms with Gasteiger partial charge in [0, 0.05) is 18.0 Å². The van der Waals surface area contributed by atoms with Crippen LogP contribution in [0, 0.1) is 6.92 Å². The number of imidazole rings is 1. The molecular weight excluding hydrogens is 184 g/mol. The molecule has 0 aromatic carbocycles. The first kappa shape index (κ1) is 8.44. The van der Waals surface area contributed by atoms with Gasteiger partial charge in [0.1, 0.15) is 5.78 Å². The summed E-state index contributed by atoms with van der Waals surface area (Å²) in [6.07, 6.45) is 2.43. The Balaban J connectivity index is 2.57. The van der Waals surface area contributed by atoms with Gasteiger partial charge in [0.15, 0.2) is 4.96 Å². The van der Waals surface area contributed by atoms with E-state index in [0.29, 0.717) is 6.42 Å². The van der Waals surface area contributed by atoms with E-state index in [9.17, 15) is 4.79 Å². The predicted octanol–water partition coefficient (Wildman–Crippen LogP) is 1.84. The van der Waals surface area contributed by atoms with E-state index in [2.05, 4.69) is 4.98 Å². The van der Waals surface area contributed by atoms with Gasteiger partial charge < -0.3 is 0 Å². The first-order valence-corrected chi connectivity index (χ1v) is 4.97. The standard InChI is InChI=1S/C9H10N2OS/c1-6(12)5-8-7(2)10-9-11(8)3-4-13-9/h3-4H,5H2,1-2H3. The van der Waals surface area contributed by atoms with Crippen molar-refractivity contribution in [2.24, 2.45) is 0 Å². The quantitative estimate of drug-likeness (QED) is 0.731. The first-order valence-electron chi connectivity index (χ1n) is 4.09. The van der Waals surface area contributed by atoms with Crippen molar-refractivity contribution in [3.63, 3.8) is 0 Å². The number of fused-ring (bicyclic) bond motifs is 1. The van der Waals surface area contributed by atoms with Crippen molar-refractivity contribution in [2.75, 3.05) is 0 Å². The molecule has 0 spiro atoms. The molecule has 0 N–H and O–H groups in total. The van der Waals surface area contributed by atoms with Gasteiger partial charge in [0.25, 0.3) is 0 Å². The van der Waals surface area contributed by atoms with E-state index in [1.165, 1.54) is 0 Å². The zero-order valence-corrected chi connectivity index (χ0v) is 8.39. The lowest BCUT2D eigenvalue weighted by Gasteiger charge is -1.95. The Morgan fingerprint density at radius 2 is 2.46 bits per heavy atom. The van der Waals surface area contributed by atoms with Crippen molar-refractivity contribution in [1.29, 1.82) is 0 Å². The Bertz CT molecular complexity index is 455. The Morgan fingerprint density at radius 3 is 3.15 bits per heavy atom. The van der Waals surface area contributed by atoms with Crippen LogP contribution in [0.5, 0.6) is 0 Å². The minimum absolute atomic E-state index is 0.177.